The number of hydrogen-bond donors (Lipinski definition) is 2. The van der Waals surface area contributed by atoms with Gasteiger partial charge in [0.25, 0.3) is 0 Å². The molecule has 0 saturated carbocycles. The molecule has 1 rings (SSSR count). The van der Waals surface area contributed by atoms with Crippen LogP contribution >= 0.6 is 11.6 Å². The maximum absolute atomic E-state index is 12.0. The SMILES string of the molecule is O=C(O)CN(C(=O)CNCC(F)(F)F)c1ccc(Cl)cc1. The first-order valence-electron chi connectivity index (χ1n) is 5.74. The molecule has 0 aliphatic carbocycles. The minimum absolute atomic E-state index is 0.237. The Kier molecular flexibility index (Phi) is 5.98. The molecule has 0 fully saturated rings. The molecular weight excluding hydrogens is 313 g/mol. The first-order valence-corrected chi connectivity index (χ1v) is 6.12. The van der Waals surface area contributed by atoms with Crippen LogP contribution in [0.1, 0.15) is 0 Å². The Morgan fingerprint density at radius 1 is 1.24 bits per heavy atom. The zero-order chi connectivity index (χ0) is 16.0. The molecule has 116 valence electrons. The van der Waals surface area contributed by atoms with Gasteiger partial charge in [-0.1, -0.05) is 11.6 Å². The molecule has 1 aromatic rings. The van der Waals surface area contributed by atoms with Crippen LogP contribution in [0.25, 0.3) is 0 Å². The third-order valence-corrected chi connectivity index (χ3v) is 2.59. The van der Waals surface area contributed by atoms with Crippen molar-refractivity contribution in [2.45, 2.75) is 6.18 Å². The Balaban J connectivity index is 2.75. The number of carbonyl (C=O) groups is 2. The zero-order valence-electron chi connectivity index (χ0n) is 10.7. The van der Waals surface area contributed by atoms with Crippen molar-refractivity contribution >= 4 is 29.2 Å². The van der Waals surface area contributed by atoms with Crippen molar-refractivity contribution in [2.75, 3.05) is 24.5 Å². The number of anilines is 1. The van der Waals surface area contributed by atoms with E-state index in [9.17, 15) is 22.8 Å². The van der Waals surface area contributed by atoms with Crippen molar-refractivity contribution in [3.05, 3.63) is 29.3 Å². The second-order valence-electron chi connectivity index (χ2n) is 4.07. The molecule has 9 heteroatoms. The number of alkyl halides is 3. The van der Waals surface area contributed by atoms with E-state index in [1.807, 2.05) is 5.32 Å². The molecule has 0 aliphatic rings. The molecule has 0 atom stereocenters. The smallest absolute Gasteiger partial charge is 0.401 e. The fraction of sp³-hybridized carbons (Fsp3) is 0.333. The molecule has 0 aromatic heterocycles. The van der Waals surface area contributed by atoms with E-state index in [2.05, 4.69) is 0 Å². The molecule has 0 unspecified atom stereocenters. The predicted molar refractivity (Wildman–Crippen MR) is 70.4 cm³/mol. The quantitative estimate of drug-likeness (QED) is 0.838. The van der Waals surface area contributed by atoms with E-state index in [0.29, 0.717) is 5.02 Å². The van der Waals surface area contributed by atoms with Crippen LogP contribution in [0.2, 0.25) is 5.02 Å². The number of aliphatic carboxylic acids is 1. The Bertz CT molecular complexity index is 505. The van der Waals surface area contributed by atoms with Crippen LogP contribution in [0.4, 0.5) is 18.9 Å². The van der Waals surface area contributed by atoms with Crippen LogP contribution in [0, 0.1) is 0 Å². The van der Waals surface area contributed by atoms with E-state index in [1.165, 1.54) is 24.3 Å². The number of carboxylic acid groups (broad SMARTS) is 1. The van der Waals surface area contributed by atoms with E-state index in [1.54, 1.807) is 0 Å². The minimum Gasteiger partial charge on any atom is -0.480 e. The molecule has 5 nitrogen and oxygen atoms in total. The second kappa shape index (κ2) is 7.28. The third-order valence-electron chi connectivity index (χ3n) is 2.33. The van der Waals surface area contributed by atoms with E-state index < -0.39 is 37.7 Å². The summed E-state index contributed by atoms with van der Waals surface area (Å²) in [7, 11) is 0. The standard InChI is InChI=1S/C12H12ClF3N2O3/c13-8-1-3-9(4-2-8)18(6-11(20)21)10(19)5-17-7-12(14,15)16/h1-4,17H,5-7H2,(H,20,21). The van der Waals surface area contributed by atoms with E-state index in [-0.39, 0.29) is 5.69 Å². The number of amides is 1. The monoisotopic (exact) mass is 324 g/mol. The molecular formula is C12H12ClF3N2O3. The highest BCUT2D eigenvalue weighted by molar-refractivity contribution is 6.30. The molecule has 1 aromatic carbocycles. The van der Waals surface area contributed by atoms with Crippen molar-refractivity contribution in [2.24, 2.45) is 0 Å². The molecule has 1 amide bonds. The first-order chi connectivity index (χ1) is 9.69. The number of nitrogens with one attached hydrogen (secondary N) is 1. The van der Waals surface area contributed by atoms with Crippen molar-refractivity contribution in [3.63, 3.8) is 0 Å². The van der Waals surface area contributed by atoms with Crippen LogP contribution in [-0.2, 0) is 9.59 Å². The number of halogens is 4. The van der Waals surface area contributed by atoms with Gasteiger partial charge in [-0.15, -0.1) is 0 Å². The molecule has 0 radical (unpaired) electrons. The third kappa shape index (κ3) is 6.46. The number of rotatable bonds is 6. The minimum atomic E-state index is -4.45. The Morgan fingerprint density at radius 3 is 2.29 bits per heavy atom. The van der Waals surface area contributed by atoms with Gasteiger partial charge >= 0.3 is 12.1 Å². The Labute approximate surface area is 123 Å². The summed E-state index contributed by atoms with van der Waals surface area (Å²) in [5, 5.41) is 11.1. The number of carbonyl (C=O) groups excluding carboxylic acids is 1. The highest BCUT2D eigenvalue weighted by Crippen LogP contribution is 2.18. The van der Waals surface area contributed by atoms with Gasteiger partial charge in [-0.25, -0.2) is 0 Å². The van der Waals surface area contributed by atoms with Gasteiger partial charge in [-0.05, 0) is 24.3 Å². The van der Waals surface area contributed by atoms with Crippen molar-refractivity contribution in [1.82, 2.24) is 5.32 Å². The summed E-state index contributed by atoms with van der Waals surface area (Å²) in [5.41, 5.74) is 0.237. The van der Waals surface area contributed by atoms with Gasteiger partial charge in [0.15, 0.2) is 0 Å². The topological polar surface area (TPSA) is 69.6 Å². The summed E-state index contributed by atoms with van der Waals surface area (Å²) in [6.45, 7) is -2.62. The van der Waals surface area contributed by atoms with Gasteiger partial charge in [0.1, 0.15) is 6.54 Å². The van der Waals surface area contributed by atoms with E-state index in [0.717, 1.165) is 4.90 Å². The van der Waals surface area contributed by atoms with Crippen molar-refractivity contribution in [1.29, 1.82) is 0 Å². The number of benzene rings is 1. The molecule has 0 aliphatic heterocycles. The molecule has 21 heavy (non-hydrogen) atoms. The fourth-order valence-corrected chi connectivity index (χ4v) is 1.61. The average Bonchev–Trinajstić information content (AvgIpc) is 2.35. The van der Waals surface area contributed by atoms with Crippen LogP contribution in [0.15, 0.2) is 24.3 Å². The zero-order valence-corrected chi connectivity index (χ0v) is 11.4. The van der Waals surface area contributed by atoms with Crippen LogP contribution in [0.5, 0.6) is 0 Å². The lowest BCUT2D eigenvalue weighted by atomic mass is 10.2. The Hall–Kier alpha value is -1.80. The molecule has 0 heterocycles. The fourth-order valence-electron chi connectivity index (χ4n) is 1.49. The van der Waals surface area contributed by atoms with E-state index in [4.69, 9.17) is 16.7 Å². The highest BCUT2D eigenvalue weighted by atomic mass is 35.5. The van der Waals surface area contributed by atoms with Crippen molar-refractivity contribution < 1.29 is 27.9 Å². The summed E-state index contributed by atoms with van der Waals surface area (Å²) in [4.78, 5) is 23.5. The van der Waals surface area contributed by atoms with Gasteiger partial charge in [-0.2, -0.15) is 13.2 Å². The molecule has 0 saturated heterocycles. The summed E-state index contributed by atoms with van der Waals surface area (Å²) in [6, 6.07) is 5.71. The highest BCUT2D eigenvalue weighted by Gasteiger charge is 2.27. The van der Waals surface area contributed by atoms with E-state index >= 15 is 0 Å². The summed E-state index contributed by atoms with van der Waals surface area (Å²) in [6.07, 6.45) is -4.45. The first kappa shape index (κ1) is 17.3. The summed E-state index contributed by atoms with van der Waals surface area (Å²) in [5.74, 6) is -2.07. The van der Waals surface area contributed by atoms with Crippen molar-refractivity contribution in [3.8, 4) is 0 Å². The summed E-state index contributed by atoms with van der Waals surface area (Å²) < 4.78 is 36.0. The molecule has 0 spiro atoms. The predicted octanol–water partition coefficient (Wildman–Crippen LogP) is 1.91. The Morgan fingerprint density at radius 2 is 1.81 bits per heavy atom. The molecule has 2 N–H and O–H groups in total. The average molecular weight is 325 g/mol. The number of hydrogen-bond acceptors (Lipinski definition) is 3. The normalized spacial score (nSPS) is 11.2. The van der Waals surface area contributed by atoms with Crippen LogP contribution in [0.3, 0.4) is 0 Å². The van der Waals surface area contributed by atoms with Crippen LogP contribution in [-0.4, -0.2) is 42.8 Å². The largest absolute Gasteiger partial charge is 0.480 e. The second-order valence-corrected chi connectivity index (χ2v) is 4.51. The summed E-state index contributed by atoms with van der Waals surface area (Å²) >= 11 is 5.68. The van der Waals surface area contributed by atoms with Gasteiger partial charge in [0, 0.05) is 10.7 Å². The van der Waals surface area contributed by atoms with Gasteiger partial charge < -0.3 is 15.3 Å². The van der Waals surface area contributed by atoms with Gasteiger partial charge in [-0.3, -0.25) is 9.59 Å². The van der Waals surface area contributed by atoms with Crippen LogP contribution < -0.4 is 10.2 Å². The lowest BCUT2D eigenvalue weighted by Gasteiger charge is -2.21. The maximum atomic E-state index is 12.0. The van der Waals surface area contributed by atoms with Gasteiger partial charge in [0.05, 0.1) is 13.1 Å². The lowest BCUT2D eigenvalue weighted by Crippen LogP contribution is -2.43. The maximum Gasteiger partial charge on any atom is 0.401 e. The molecule has 0 bridgehead atoms. The lowest BCUT2D eigenvalue weighted by molar-refractivity contribution is -0.137. The number of carboxylic acids is 1. The number of nitrogens with zero attached hydrogens (tertiary/aromatic N) is 1. The van der Waals surface area contributed by atoms with Gasteiger partial charge in [0.2, 0.25) is 5.91 Å².